The smallest absolute Gasteiger partial charge is 0.408 e. The normalized spacial score (nSPS) is 20.3. The molecule has 1 amide bonds. The zero-order chi connectivity index (χ0) is 18.5. The zero-order valence-corrected chi connectivity index (χ0v) is 14.1. The first-order chi connectivity index (χ1) is 13.1. The van der Waals surface area contributed by atoms with E-state index in [1.54, 1.807) is 18.6 Å². The molecule has 0 bridgehead atoms. The fourth-order valence-corrected chi connectivity index (χ4v) is 3.76. The van der Waals surface area contributed by atoms with Crippen molar-refractivity contribution in [2.45, 2.75) is 18.6 Å². The second-order valence-corrected chi connectivity index (χ2v) is 6.63. The molecule has 0 spiro atoms. The molecule has 9 heteroatoms. The van der Waals surface area contributed by atoms with Crippen LogP contribution in [0.4, 0.5) is 16.3 Å². The number of hydrogen-bond donors (Lipinski definition) is 4. The van der Waals surface area contributed by atoms with E-state index in [-0.39, 0.29) is 6.54 Å². The summed E-state index contributed by atoms with van der Waals surface area (Å²) in [6.07, 6.45) is 3.63. The Balaban J connectivity index is 1.70. The van der Waals surface area contributed by atoms with Crippen LogP contribution < -0.4 is 5.32 Å². The van der Waals surface area contributed by atoms with Gasteiger partial charge in [-0.25, -0.2) is 14.8 Å². The fraction of sp³-hybridized carbons (Fsp3) is 0.222. The van der Waals surface area contributed by atoms with Gasteiger partial charge in [-0.05, 0) is 18.2 Å². The summed E-state index contributed by atoms with van der Waals surface area (Å²) in [7, 11) is 0. The highest BCUT2D eigenvalue weighted by atomic mass is 16.4. The minimum absolute atomic E-state index is 0.0750. The number of nitrogens with one attached hydrogen (secondary N) is 2. The number of imidazole rings is 1. The number of H-pyrrole nitrogens is 1. The van der Waals surface area contributed by atoms with Crippen LogP contribution in [-0.2, 0) is 0 Å². The minimum Gasteiger partial charge on any atom is -0.465 e. The molecule has 9 nitrogen and oxygen atoms in total. The quantitative estimate of drug-likeness (QED) is 0.408. The SMILES string of the molecule is O=C(O)N1CC(O)CC1c1nc2c([nH]1)-c1ccncc1Nc1ncccc1-2. The van der Waals surface area contributed by atoms with E-state index in [0.29, 0.717) is 23.8 Å². The lowest BCUT2D eigenvalue weighted by Gasteiger charge is -2.19. The molecule has 5 heterocycles. The van der Waals surface area contributed by atoms with Crippen molar-refractivity contribution in [3.05, 3.63) is 42.6 Å². The highest BCUT2D eigenvalue weighted by Gasteiger charge is 2.38. The van der Waals surface area contributed by atoms with E-state index >= 15 is 0 Å². The lowest BCUT2D eigenvalue weighted by Crippen LogP contribution is -2.30. The Kier molecular flexibility index (Phi) is 3.37. The minimum atomic E-state index is -1.07. The number of aromatic nitrogens is 4. The molecular formula is C18H16N6O3. The van der Waals surface area contributed by atoms with Gasteiger partial charge in [0.2, 0.25) is 0 Å². The summed E-state index contributed by atoms with van der Waals surface area (Å²) in [5.74, 6) is 1.17. The highest BCUT2D eigenvalue weighted by molar-refractivity contribution is 5.94. The van der Waals surface area contributed by atoms with Gasteiger partial charge in [0.1, 0.15) is 17.3 Å². The van der Waals surface area contributed by atoms with Crippen LogP contribution in [0.25, 0.3) is 22.5 Å². The second kappa shape index (κ2) is 5.78. The Labute approximate surface area is 153 Å². The van der Waals surface area contributed by atoms with Gasteiger partial charge in [0.25, 0.3) is 0 Å². The lowest BCUT2D eigenvalue weighted by molar-refractivity contribution is 0.130. The van der Waals surface area contributed by atoms with Gasteiger partial charge in [-0.1, -0.05) is 0 Å². The average molecular weight is 364 g/mol. The Morgan fingerprint density at radius 2 is 2.15 bits per heavy atom. The monoisotopic (exact) mass is 364 g/mol. The number of anilines is 2. The summed E-state index contributed by atoms with van der Waals surface area (Å²) in [4.78, 5) is 29.4. The molecule has 136 valence electrons. The van der Waals surface area contributed by atoms with Crippen LogP contribution in [0.15, 0.2) is 36.8 Å². The first-order valence-electron chi connectivity index (χ1n) is 8.56. The first kappa shape index (κ1) is 15.8. The molecule has 1 saturated heterocycles. The number of β-amino-alcohol motifs (C(OH)–C–C–N with tert-alkyl or cyclic N) is 1. The van der Waals surface area contributed by atoms with Crippen LogP contribution >= 0.6 is 0 Å². The number of carboxylic acid groups (broad SMARTS) is 1. The van der Waals surface area contributed by atoms with Gasteiger partial charge in [-0.3, -0.25) is 9.88 Å². The van der Waals surface area contributed by atoms with Crippen LogP contribution in [0.3, 0.4) is 0 Å². The number of fused-ring (bicyclic) bond motifs is 5. The molecule has 2 aliphatic rings. The number of amides is 1. The maximum absolute atomic E-state index is 11.6. The summed E-state index contributed by atoms with van der Waals surface area (Å²) in [5, 5.41) is 22.7. The molecule has 1 fully saturated rings. The van der Waals surface area contributed by atoms with E-state index in [4.69, 9.17) is 4.98 Å². The number of aliphatic hydroxyl groups excluding tert-OH is 1. The van der Waals surface area contributed by atoms with Gasteiger partial charge in [0.05, 0.1) is 36.3 Å². The number of likely N-dealkylation sites (tertiary alicyclic amines) is 1. The van der Waals surface area contributed by atoms with Crippen molar-refractivity contribution in [1.82, 2.24) is 24.8 Å². The van der Waals surface area contributed by atoms with E-state index in [1.165, 1.54) is 4.90 Å². The standard InChI is InChI=1S/C18H16N6O3/c25-9-6-13(24(8-9)18(26)27)17-22-14-10-3-5-19-7-12(10)21-16-11(15(14)23-17)2-1-4-20-16/h1-5,7,9,13,25H,6,8H2,(H,20,21)(H,22,23)(H,26,27). The van der Waals surface area contributed by atoms with Gasteiger partial charge in [-0.15, -0.1) is 0 Å². The molecule has 3 aromatic rings. The molecule has 0 aromatic carbocycles. The number of nitrogens with zero attached hydrogens (tertiary/aromatic N) is 4. The second-order valence-electron chi connectivity index (χ2n) is 6.63. The summed E-state index contributed by atoms with van der Waals surface area (Å²) >= 11 is 0. The number of hydrogen-bond acceptors (Lipinski definition) is 6. The Morgan fingerprint density at radius 1 is 1.26 bits per heavy atom. The molecule has 0 radical (unpaired) electrons. The van der Waals surface area contributed by atoms with Gasteiger partial charge < -0.3 is 20.5 Å². The van der Waals surface area contributed by atoms with Gasteiger partial charge in [0, 0.05) is 29.9 Å². The van der Waals surface area contributed by atoms with E-state index in [9.17, 15) is 15.0 Å². The summed E-state index contributed by atoms with van der Waals surface area (Å²) in [6.45, 7) is 0.0750. The van der Waals surface area contributed by atoms with Crippen LogP contribution in [0.5, 0.6) is 0 Å². The van der Waals surface area contributed by atoms with Crippen LogP contribution in [0.2, 0.25) is 0 Å². The summed E-state index contributed by atoms with van der Waals surface area (Å²) in [6, 6.07) is 5.09. The maximum Gasteiger partial charge on any atom is 0.408 e. The molecule has 4 N–H and O–H groups in total. The van der Waals surface area contributed by atoms with E-state index in [0.717, 1.165) is 22.5 Å². The van der Waals surface area contributed by atoms with E-state index < -0.39 is 18.2 Å². The Bertz CT molecular complexity index is 986. The zero-order valence-electron chi connectivity index (χ0n) is 14.1. The Hall–Kier alpha value is -3.46. The molecule has 2 atom stereocenters. The van der Waals surface area contributed by atoms with Crippen molar-refractivity contribution in [3.63, 3.8) is 0 Å². The molecule has 0 saturated carbocycles. The Morgan fingerprint density at radius 3 is 3.00 bits per heavy atom. The van der Waals surface area contributed by atoms with Crippen LogP contribution in [0, 0.1) is 0 Å². The number of aromatic amines is 1. The molecule has 5 rings (SSSR count). The van der Waals surface area contributed by atoms with E-state index in [2.05, 4.69) is 20.3 Å². The lowest BCUT2D eigenvalue weighted by atomic mass is 10.1. The number of aliphatic hydroxyl groups is 1. The maximum atomic E-state index is 11.6. The number of carbonyl (C=O) groups is 1. The van der Waals surface area contributed by atoms with E-state index in [1.807, 2.05) is 18.2 Å². The average Bonchev–Trinajstić information content (AvgIpc) is 3.24. The van der Waals surface area contributed by atoms with Crippen molar-refractivity contribution in [2.75, 3.05) is 11.9 Å². The van der Waals surface area contributed by atoms with Crippen molar-refractivity contribution >= 4 is 17.6 Å². The van der Waals surface area contributed by atoms with Crippen molar-refractivity contribution in [1.29, 1.82) is 0 Å². The van der Waals surface area contributed by atoms with Crippen LogP contribution in [0.1, 0.15) is 18.3 Å². The van der Waals surface area contributed by atoms with Crippen molar-refractivity contribution < 1.29 is 15.0 Å². The van der Waals surface area contributed by atoms with Gasteiger partial charge in [-0.2, -0.15) is 0 Å². The third-order valence-electron chi connectivity index (χ3n) is 4.97. The predicted octanol–water partition coefficient (Wildman–Crippen LogP) is 2.38. The molecule has 3 aromatic heterocycles. The summed E-state index contributed by atoms with van der Waals surface area (Å²) < 4.78 is 0. The highest BCUT2D eigenvalue weighted by Crippen LogP contribution is 2.43. The topological polar surface area (TPSA) is 127 Å². The number of pyridine rings is 2. The third kappa shape index (κ3) is 2.43. The third-order valence-corrected chi connectivity index (χ3v) is 4.97. The van der Waals surface area contributed by atoms with Gasteiger partial charge in [0.15, 0.2) is 0 Å². The van der Waals surface area contributed by atoms with Crippen molar-refractivity contribution in [2.24, 2.45) is 0 Å². The predicted molar refractivity (Wildman–Crippen MR) is 96.4 cm³/mol. The molecule has 0 aliphatic carbocycles. The molecule has 2 aliphatic heterocycles. The molecular weight excluding hydrogens is 348 g/mol. The molecule has 2 unspecified atom stereocenters. The number of rotatable bonds is 1. The fourth-order valence-electron chi connectivity index (χ4n) is 3.76. The molecule has 27 heavy (non-hydrogen) atoms. The largest absolute Gasteiger partial charge is 0.465 e. The van der Waals surface area contributed by atoms with Crippen molar-refractivity contribution in [3.8, 4) is 22.5 Å². The first-order valence-corrected chi connectivity index (χ1v) is 8.56. The summed E-state index contributed by atoms with van der Waals surface area (Å²) in [5.41, 5.74) is 3.93. The van der Waals surface area contributed by atoms with Crippen LogP contribution in [-0.4, -0.2) is 53.8 Å². The van der Waals surface area contributed by atoms with Gasteiger partial charge >= 0.3 is 6.09 Å².